The highest BCUT2D eigenvalue weighted by Gasteiger charge is 2.45. The Kier molecular flexibility index (Phi) is 4.46. The molecule has 1 amide bonds. The maximum atomic E-state index is 12.7. The van der Waals surface area contributed by atoms with E-state index in [2.05, 4.69) is 22.6 Å². The maximum Gasteiger partial charge on any atom is 0.326 e. The molecule has 0 aliphatic carbocycles. The molecule has 2 rings (SSSR count). The molecule has 1 saturated heterocycles. The SMILES string of the molecule is CC1(C)CCCN(C(=O)c2cc(I)ccc2O)C1C(=O)O. The van der Waals surface area contributed by atoms with E-state index >= 15 is 0 Å². The highest BCUT2D eigenvalue weighted by atomic mass is 127. The average Bonchev–Trinajstić information content (AvgIpc) is 2.38. The predicted octanol–water partition coefficient (Wildman–Crippen LogP) is 2.71. The van der Waals surface area contributed by atoms with Crippen LogP contribution in [0.4, 0.5) is 0 Å². The van der Waals surface area contributed by atoms with Gasteiger partial charge in [0.15, 0.2) is 0 Å². The minimum absolute atomic E-state index is 0.118. The van der Waals surface area contributed by atoms with Gasteiger partial charge in [-0.05, 0) is 59.0 Å². The molecule has 0 radical (unpaired) electrons. The number of piperidine rings is 1. The van der Waals surface area contributed by atoms with Gasteiger partial charge in [-0.15, -0.1) is 0 Å². The van der Waals surface area contributed by atoms with Crippen molar-refractivity contribution in [3.05, 3.63) is 27.3 Å². The zero-order chi connectivity index (χ0) is 15.8. The van der Waals surface area contributed by atoms with Crippen LogP contribution in [0.25, 0.3) is 0 Å². The third-order valence-electron chi connectivity index (χ3n) is 3.96. The maximum absolute atomic E-state index is 12.7. The normalized spacial score (nSPS) is 21.1. The summed E-state index contributed by atoms with van der Waals surface area (Å²) in [4.78, 5) is 25.7. The van der Waals surface area contributed by atoms with Gasteiger partial charge < -0.3 is 15.1 Å². The van der Waals surface area contributed by atoms with Crippen molar-refractivity contribution < 1.29 is 19.8 Å². The summed E-state index contributed by atoms with van der Waals surface area (Å²) >= 11 is 2.05. The Bertz CT molecular complexity index is 585. The number of halogens is 1. The molecular weight excluding hydrogens is 385 g/mol. The van der Waals surface area contributed by atoms with E-state index in [-0.39, 0.29) is 11.3 Å². The number of rotatable bonds is 2. The van der Waals surface area contributed by atoms with Crippen LogP contribution in [0.1, 0.15) is 37.0 Å². The number of phenolic OH excluding ortho intramolecular Hbond substituents is 1. The molecule has 0 saturated carbocycles. The number of carbonyl (C=O) groups excluding carboxylic acids is 1. The number of carbonyl (C=O) groups is 2. The van der Waals surface area contributed by atoms with Crippen molar-refractivity contribution in [2.45, 2.75) is 32.7 Å². The van der Waals surface area contributed by atoms with Crippen LogP contribution in [0.5, 0.6) is 5.75 Å². The molecule has 1 fully saturated rings. The summed E-state index contributed by atoms with van der Waals surface area (Å²) < 4.78 is 0.817. The monoisotopic (exact) mass is 403 g/mol. The molecule has 2 N–H and O–H groups in total. The predicted molar refractivity (Wildman–Crippen MR) is 86.3 cm³/mol. The molecule has 0 aromatic heterocycles. The number of carboxylic acid groups (broad SMARTS) is 1. The Labute approximate surface area is 137 Å². The molecule has 1 aromatic carbocycles. The van der Waals surface area contributed by atoms with Gasteiger partial charge in [-0.2, -0.15) is 0 Å². The van der Waals surface area contributed by atoms with E-state index in [1.54, 1.807) is 12.1 Å². The van der Waals surface area contributed by atoms with Gasteiger partial charge in [0.05, 0.1) is 5.56 Å². The molecule has 0 bridgehead atoms. The van der Waals surface area contributed by atoms with E-state index in [0.717, 1.165) is 16.4 Å². The van der Waals surface area contributed by atoms with E-state index in [1.807, 2.05) is 13.8 Å². The molecule has 5 nitrogen and oxygen atoms in total. The second-order valence-corrected chi connectivity index (χ2v) is 7.24. The molecule has 1 atom stereocenters. The lowest BCUT2D eigenvalue weighted by atomic mass is 9.76. The van der Waals surface area contributed by atoms with Crippen LogP contribution in [0, 0.1) is 8.99 Å². The van der Waals surface area contributed by atoms with Gasteiger partial charge in [0, 0.05) is 10.1 Å². The number of benzene rings is 1. The van der Waals surface area contributed by atoms with Crippen molar-refractivity contribution in [2.75, 3.05) is 6.54 Å². The van der Waals surface area contributed by atoms with Crippen molar-refractivity contribution in [3.63, 3.8) is 0 Å². The molecule has 1 heterocycles. The lowest BCUT2D eigenvalue weighted by molar-refractivity contribution is -0.148. The highest BCUT2D eigenvalue weighted by Crippen LogP contribution is 2.36. The van der Waals surface area contributed by atoms with Crippen LogP contribution >= 0.6 is 22.6 Å². The molecule has 114 valence electrons. The van der Waals surface area contributed by atoms with E-state index < -0.39 is 23.3 Å². The Morgan fingerprint density at radius 1 is 1.38 bits per heavy atom. The number of hydrogen-bond acceptors (Lipinski definition) is 3. The van der Waals surface area contributed by atoms with Crippen LogP contribution in [-0.2, 0) is 4.79 Å². The third kappa shape index (κ3) is 3.14. The van der Waals surface area contributed by atoms with Gasteiger partial charge >= 0.3 is 5.97 Å². The Morgan fingerprint density at radius 2 is 2.05 bits per heavy atom. The minimum atomic E-state index is -1.00. The summed E-state index contributed by atoms with van der Waals surface area (Å²) in [6.45, 7) is 4.11. The fraction of sp³-hybridized carbons (Fsp3) is 0.467. The van der Waals surface area contributed by atoms with Crippen molar-refractivity contribution >= 4 is 34.5 Å². The van der Waals surface area contributed by atoms with Crippen LogP contribution in [0.2, 0.25) is 0 Å². The highest BCUT2D eigenvalue weighted by molar-refractivity contribution is 14.1. The second kappa shape index (κ2) is 5.82. The fourth-order valence-corrected chi connectivity index (χ4v) is 3.40. The number of hydrogen-bond donors (Lipinski definition) is 2. The van der Waals surface area contributed by atoms with E-state index in [1.165, 1.54) is 11.0 Å². The summed E-state index contributed by atoms with van der Waals surface area (Å²) in [6.07, 6.45) is 1.51. The topological polar surface area (TPSA) is 77.8 Å². The molecule has 1 aliphatic rings. The number of phenols is 1. The van der Waals surface area contributed by atoms with Gasteiger partial charge in [-0.25, -0.2) is 4.79 Å². The van der Waals surface area contributed by atoms with E-state index in [0.29, 0.717) is 6.54 Å². The number of likely N-dealkylation sites (tertiary alicyclic amines) is 1. The fourth-order valence-electron chi connectivity index (χ4n) is 2.91. The molecule has 1 aliphatic heterocycles. The van der Waals surface area contributed by atoms with Crippen molar-refractivity contribution in [1.82, 2.24) is 4.90 Å². The zero-order valence-electron chi connectivity index (χ0n) is 12.0. The molecule has 0 spiro atoms. The number of carboxylic acids is 1. The molecule has 1 unspecified atom stereocenters. The standard InChI is InChI=1S/C15H18INO4/c1-15(2)6-3-7-17(12(15)14(20)21)13(19)10-8-9(16)4-5-11(10)18/h4-5,8,12,18H,3,6-7H2,1-2H3,(H,20,21). The van der Waals surface area contributed by atoms with Crippen LogP contribution < -0.4 is 0 Å². The van der Waals surface area contributed by atoms with Crippen LogP contribution in [0.15, 0.2) is 18.2 Å². The minimum Gasteiger partial charge on any atom is -0.507 e. The quantitative estimate of drug-likeness (QED) is 0.745. The van der Waals surface area contributed by atoms with Crippen molar-refractivity contribution in [2.24, 2.45) is 5.41 Å². The lowest BCUT2D eigenvalue weighted by Gasteiger charge is -2.44. The van der Waals surface area contributed by atoms with Gasteiger partial charge in [-0.1, -0.05) is 13.8 Å². The van der Waals surface area contributed by atoms with Gasteiger partial charge in [-0.3, -0.25) is 4.79 Å². The summed E-state index contributed by atoms with van der Waals surface area (Å²) in [5.41, 5.74) is -0.331. The van der Waals surface area contributed by atoms with Crippen molar-refractivity contribution in [1.29, 1.82) is 0 Å². The van der Waals surface area contributed by atoms with Gasteiger partial charge in [0.1, 0.15) is 11.8 Å². The smallest absolute Gasteiger partial charge is 0.326 e. The second-order valence-electron chi connectivity index (χ2n) is 5.99. The third-order valence-corrected chi connectivity index (χ3v) is 4.63. The number of nitrogens with zero attached hydrogens (tertiary/aromatic N) is 1. The Balaban J connectivity index is 2.41. The Morgan fingerprint density at radius 3 is 2.67 bits per heavy atom. The first kappa shape index (κ1) is 16.1. The number of amides is 1. The largest absolute Gasteiger partial charge is 0.507 e. The summed E-state index contributed by atoms with van der Waals surface area (Å²) in [7, 11) is 0. The lowest BCUT2D eigenvalue weighted by Crippen LogP contribution is -2.56. The molecular formula is C15H18INO4. The molecule has 6 heteroatoms. The first-order chi connectivity index (χ1) is 9.74. The Hall–Kier alpha value is -1.31. The number of aromatic hydroxyl groups is 1. The van der Waals surface area contributed by atoms with E-state index in [9.17, 15) is 19.8 Å². The van der Waals surface area contributed by atoms with Crippen LogP contribution in [-0.4, -0.2) is 39.6 Å². The summed E-state index contributed by atoms with van der Waals surface area (Å²) in [6, 6.07) is 3.86. The first-order valence-corrected chi connectivity index (χ1v) is 7.84. The van der Waals surface area contributed by atoms with Crippen molar-refractivity contribution in [3.8, 4) is 5.75 Å². The molecule has 1 aromatic rings. The van der Waals surface area contributed by atoms with E-state index in [4.69, 9.17) is 0 Å². The van der Waals surface area contributed by atoms with Gasteiger partial charge in [0.2, 0.25) is 0 Å². The average molecular weight is 403 g/mol. The van der Waals surface area contributed by atoms with Gasteiger partial charge in [0.25, 0.3) is 5.91 Å². The zero-order valence-corrected chi connectivity index (χ0v) is 14.1. The number of aliphatic carboxylic acids is 1. The summed E-state index contributed by atoms with van der Waals surface area (Å²) in [5, 5.41) is 19.4. The first-order valence-electron chi connectivity index (χ1n) is 6.76. The van der Waals surface area contributed by atoms with Crippen LogP contribution in [0.3, 0.4) is 0 Å². The molecule has 21 heavy (non-hydrogen) atoms. The summed E-state index contributed by atoms with van der Waals surface area (Å²) in [5.74, 6) is -1.54.